The third kappa shape index (κ3) is 3.80. The highest BCUT2D eigenvalue weighted by molar-refractivity contribution is 7.85. The monoisotopic (exact) mass is 388 g/mol. The van der Waals surface area contributed by atoms with Crippen LogP contribution in [-0.2, 0) is 21.6 Å². The van der Waals surface area contributed by atoms with Crippen LogP contribution in [0.1, 0.15) is 22.3 Å². The summed E-state index contributed by atoms with van der Waals surface area (Å²) in [5, 5.41) is 0. The number of benzene rings is 2. The van der Waals surface area contributed by atoms with Gasteiger partial charge < -0.3 is 4.18 Å². The SMILES string of the molecule is Cc1cc(C)c(OS(=O)(=O)N2CC(=O)N(Cc3ccccc3)C2=O)c(C)c1. The van der Waals surface area contributed by atoms with Crippen LogP contribution >= 0.6 is 0 Å². The van der Waals surface area contributed by atoms with Crippen molar-refractivity contribution in [3.63, 3.8) is 0 Å². The molecule has 8 heteroatoms. The molecule has 1 heterocycles. The van der Waals surface area contributed by atoms with Crippen LogP contribution in [0.4, 0.5) is 4.79 Å². The van der Waals surface area contributed by atoms with E-state index in [0.717, 1.165) is 16.0 Å². The Labute approximate surface area is 158 Å². The van der Waals surface area contributed by atoms with E-state index in [4.69, 9.17) is 4.18 Å². The summed E-state index contributed by atoms with van der Waals surface area (Å²) in [5.41, 5.74) is 2.96. The molecule has 0 spiro atoms. The Hall–Kier alpha value is -2.87. The third-order valence-corrected chi connectivity index (χ3v) is 5.47. The maximum atomic E-state index is 12.6. The van der Waals surface area contributed by atoms with E-state index in [1.54, 1.807) is 50.2 Å². The van der Waals surface area contributed by atoms with E-state index in [-0.39, 0.29) is 12.3 Å². The van der Waals surface area contributed by atoms with Crippen LogP contribution in [0.15, 0.2) is 42.5 Å². The van der Waals surface area contributed by atoms with Gasteiger partial charge in [-0.05, 0) is 37.5 Å². The van der Waals surface area contributed by atoms with E-state index < -0.39 is 28.8 Å². The summed E-state index contributed by atoms with van der Waals surface area (Å²) >= 11 is 0. The van der Waals surface area contributed by atoms with Crippen molar-refractivity contribution in [1.29, 1.82) is 0 Å². The number of carbonyl (C=O) groups excluding carboxylic acids is 2. The van der Waals surface area contributed by atoms with Crippen LogP contribution in [0.3, 0.4) is 0 Å². The second kappa shape index (κ2) is 7.03. The Morgan fingerprint density at radius 3 is 2.19 bits per heavy atom. The average Bonchev–Trinajstić information content (AvgIpc) is 2.88. The molecule has 3 rings (SSSR count). The third-order valence-electron chi connectivity index (χ3n) is 4.27. The van der Waals surface area contributed by atoms with Crippen molar-refractivity contribution >= 4 is 22.2 Å². The first-order valence-corrected chi connectivity index (χ1v) is 9.74. The summed E-state index contributed by atoms with van der Waals surface area (Å²) < 4.78 is 31.0. The van der Waals surface area contributed by atoms with Crippen molar-refractivity contribution in [1.82, 2.24) is 9.21 Å². The van der Waals surface area contributed by atoms with Gasteiger partial charge in [-0.2, -0.15) is 12.7 Å². The molecule has 0 aliphatic carbocycles. The van der Waals surface area contributed by atoms with Crippen molar-refractivity contribution in [3.8, 4) is 5.75 Å². The summed E-state index contributed by atoms with van der Waals surface area (Å²) in [4.78, 5) is 25.7. The van der Waals surface area contributed by atoms with Gasteiger partial charge >= 0.3 is 16.3 Å². The summed E-state index contributed by atoms with van der Waals surface area (Å²) in [6.45, 7) is 4.78. The maximum Gasteiger partial charge on any atom is 0.414 e. The van der Waals surface area contributed by atoms with E-state index in [2.05, 4.69) is 0 Å². The molecule has 7 nitrogen and oxygen atoms in total. The van der Waals surface area contributed by atoms with Gasteiger partial charge in [0, 0.05) is 0 Å². The predicted octanol–water partition coefficient (Wildman–Crippen LogP) is 2.70. The van der Waals surface area contributed by atoms with E-state index in [0.29, 0.717) is 15.4 Å². The number of carbonyl (C=O) groups is 2. The zero-order chi connectivity index (χ0) is 19.8. The highest BCUT2D eigenvalue weighted by Gasteiger charge is 2.44. The van der Waals surface area contributed by atoms with Crippen molar-refractivity contribution in [2.75, 3.05) is 6.54 Å². The molecule has 142 valence electrons. The van der Waals surface area contributed by atoms with Gasteiger partial charge in [-0.25, -0.2) is 4.79 Å². The second-order valence-electron chi connectivity index (χ2n) is 6.52. The van der Waals surface area contributed by atoms with Crippen molar-refractivity contribution in [2.45, 2.75) is 27.3 Å². The lowest BCUT2D eigenvalue weighted by atomic mass is 10.1. The fourth-order valence-electron chi connectivity index (χ4n) is 3.06. The molecule has 2 aromatic carbocycles. The molecule has 0 radical (unpaired) electrons. The first-order valence-electron chi connectivity index (χ1n) is 8.37. The lowest BCUT2D eigenvalue weighted by Crippen LogP contribution is -2.38. The van der Waals surface area contributed by atoms with Gasteiger partial charge in [0.1, 0.15) is 12.3 Å². The standard InChI is InChI=1S/C19H20N2O5S/c1-13-9-14(2)18(15(3)10-13)26-27(24,25)21-12-17(22)20(19(21)23)11-16-7-5-4-6-8-16/h4-10H,11-12H2,1-3H3. The van der Waals surface area contributed by atoms with Crippen molar-refractivity contribution < 1.29 is 22.2 Å². The van der Waals surface area contributed by atoms with E-state index in [1.807, 2.05) is 13.0 Å². The quantitative estimate of drug-likeness (QED) is 0.736. The van der Waals surface area contributed by atoms with Crippen molar-refractivity contribution in [3.05, 3.63) is 64.7 Å². The Morgan fingerprint density at radius 2 is 1.59 bits per heavy atom. The Morgan fingerprint density at radius 1 is 1.00 bits per heavy atom. The van der Waals surface area contributed by atoms with Gasteiger partial charge in [0.25, 0.3) is 5.91 Å². The molecule has 0 aromatic heterocycles. The molecule has 0 saturated carbocycles. The topological polar surface area (TPSA) is 84.0 Å². The number of urea groups is 1. The molecular formula is C19H20N2O5S. The molecule has 27 heavy (non-hydrogen) atoms. The minimum Gasteiger partial charge on any atom is -0.366 e. The van der Waals surface area contributed by atoms with Gasteiger partial charge in [0.15, 0.2) is 0 Å². The Balaban J connectivity index is 1.83. The number of rotatable bonds is 5. The summed E-state index contributed by atoms with van der Waals surface area (Å²) in [6.07, 6.45) is 0. The van der Waals surface area contributed by atoms with Crippen LogP contribution in [0.25, 0.3) is 0 Å². The first-order chi connectivity index (χ1) is 12.7. The average molecular weight is 388 g/mol. The van der Waals surface area contributed by atoms with E-state index >= 15 is 0 Å². The number of imide groups is 1. The second-order valence-corrected chi connectivity index (χ2v) is 7.99. The van der Waals surface area contributed by atoms with Gasteiger partial charge in [0.2, 0.25) is 0 Å². The minimum absolute atomic E-state index is 0.00706. The fraction of sp³-hybridized carbons (Fsp3) is 0.263. The Bertz CT molecular complexity index is 979. The zero-order valence-corrected chi connectivity index (χ0v) is 16.1. The lowest BCUT2D eigenvalue weighted by molar-refractivity contribution is -0.125. The van der Waals surface area contributed by atoms with Crippen LogP contribution in [-0.4, -0.2) is 36.1 Å². The molecule has 1 aliphatic rings. The summed E-state index contributed by atoms with van der Waals surface area (Å²) in [6, 6.07) is 11.6. The molecule has 3 amide bonds. The van der Waals surface area contributed by atoms with Crippen LogP contribution in [0.5, 0.6) is 5.75 Å². The van der Waals surface area contributed by atoms with Crippen molar-refractivity contribution in [2.24, 2.45) is 0 Å². The zero-order valence-electron chi connectivity index (χ0n) is 15.3. The number of hydrogen-bond donors (Lipinski definition) is 0. The van der Waals surface area contributed by atoms with Crippen LogP contribution in [0.2, 0.25) is 0 Å². The molecule has 1 aliphatic heterocycles. The van der Waals surface area contributed by atoms with Crippen LogP contribution in [0, 0.1) is 20.8 Å². The largest absolute Gasteiger partial charge is 0.414 e. The number of nitrogens with zero attached hydrogens (tertiary/aromatic N) is 2. The molecule has 0 N–H and O–H groups in total. The van der Waals surface area contributed by atoms with E-state index in [9.17, 15) is 18.0 Å². The molecular weight excluding hydrogens is 368 g/mol. The van der Waals surface area contributed by atoms with Gasteiger partial charge in [-0.15, -0.1) is 0 Å². The maximum absolute atomic E-state index is 12.6. The highest BCUT2D eigenvalue weighted by atomic mass is 32.2. The number of aryl methyl sites for hydroxylation is 3. The molecule has 1 saturated heterocycles. The van der Waals surface area contributed by atoms with Gasteiger partial charge in [-0.1, -0.05) is 48.0 Å². The summed E-state index contributed by atoms with van der Waals surface area (Å²) in [5.74, 6) is -0.421. The first kappa shape index (κ1) is 18.9. The Kier molecular flexibility index (Phi) is 4.93. The van der Waals surface area contributed by atoms with Crippen LogP contribution < -0.4 is 4.18 Å². The highest BCUT2D eigenvalue weighted by Crippen LogP contribution is 2.28. The predicted molar refractivity (Wildman–Crippen MR) is 99.3 cm³/mol. The van der Waals surface area contributed by atoms with E-state index in [1.165, 1.54) is 0 Å². The van der Waals surface area contributed by atoms with Gasteiger partial charge in [0.05, 0.1) is 6.54 Å². The normalized spacial score (nSPS) is 14.8. The fourth-order valence-corrected chi connectivity index (χ4v) is 4.18. The number of amides is 3. The molecule has 0 bridgehead atoms. The molecule has 2 aromatic rings. The van der Waals surface area contributed by atoms with Gasteiger partial charge in [-0.3, -0.25) is 9.69 Å². The molecule has 1 fully saturated rings. The molecule has 0 atom stereocenters. The number of hydrogen-bond acceptors (Lipinski definition) is 5. The summed E-state index contributed by atoms with van der Waals surface area (Å²) in [7, 11) is -4.46. The lowest BCUT2D eigenvalue weighted by Gasteiger charge is -2.19. The smallest absolute Gasteiger partial charge is 0.366 e. The molecule has 0 unspecified atom stereocenters. The minimum atomic E-state index is -4.46.